The van der Waals surface area contributed by atoms with E-state index < -0.39 is 5.97 Å². The summed E-state index contributed by atoms with van der Waals surface area (Å²) in [5, 5.41) is 13.2. The summed E-state index contributed by atoms with van der Waals surface area (Å²) in [5.41, 5.74) is 2.80. The molecule has 1 heterocycles. The second kappa shape index (κ2) is 7.93. The van der Waals surface area contributed by atoms with Crippen LogP contribution in [0.4, 0.5) is 4.39 Å². The molecule has 144 valence electrons. The standard InChI is InChI=1S/C22H15FN2O4/c23-18-9-5-16(6-10-18)21-24-20(29-25-21)13-28-22(27)17-3-1-14(2-4-17)15-7-11-19(26)12-8-15/h1-12,26H,13H2. The molecule has 0 spiro atoms. The number of carbonyl (C=O) groups excluding carboxylic acids is 1. The summed E-state index contributed by atoms with van der Waals surface area (Å²) in [6, 6.07) is 19.3. The molecular formula is C22H15FN2O4. The first-order valence-electron chi connectivity index (χ1n) is 8.73. The number of halogens is 1. The summed E-state index contributed by atoms with van der Waals surface area (Å²) in [6.45, 7) is -0.174. The van der Waals surface area contributed by atoms with Crippen LogP contribution in [-0.2, 0) is 11.3 Å². The number of aromatic hydroxyl groups is 1. The summed E-state index contributed by atoms with van der Waals surface area (Å²) >= 11 is 0. The number of ether oxygens (including phenoxy) is 1. The summed E-state index contributed by atoms with van der Waals surface area (Å²) in [6.07, 6.45) is 0. The third kappa shape index (κ3) is 4.30. The number of rotatable bonds is 5. The topological polar surface area (TPSA) is 85.5 Å². The van der Waals surface area contributed by atoms with Gasteiger partial charge in [-0.1, -0.05) is 29.4 Å². The predicted octanol–water partition coefficient (Wildman–Crippen LogP) is 4.61. The first-order chi connectivity index (χ1) is 14.1. The maximum atomic E-state index is 13.0. The Hall–Kier alpha value is -4.00. The number of aromatic nitrogens is 2. The molecule has 0 atom stereocenters. The van der Waals surface area contributed by atoms with Crippen molar-refractivity contribution in [3.63, 3.8) is 0 Å². The van der Waals surface area contributed by atoms with Crippen LogP contribution in [0, 0.1) is 5.82 Å². The van der Waals surface area contributed by atoms with E-state index in [4.69, 9.17) is 9.26 Å². The van der Waals surface area contributed by atoms with Gasteiger partial charge in [0.2, 0.25) is 5.82 Å². The van der Waals surface area contributed by atoms with Crippen molar-refractivity contribution in [2.45, 2.75) is 6.61 Å². The fraction of sp³-hybridized carbons (Fsp3) is 0.0455. The van der Waals surface area contributed by atoms with Crippen LogP contribution in [0.25, 0.3) is 22.5 Å². The van der Waals surface area contributed by atoms with Gasteiger partial charge in [0.1, 0.15) is 11.6 Å². The van der Waals surface area contributed by atoms with Crippen LogP contribution >= 0.6 is 0 Å². The Morgan fingerprint density at radius 1 is 0.897 bits per heavy atom. The van der Waals surface area contributed by atoms with E-state index >= 15 is 0 Å². The third-order valence-corrected chi connectivity index (χ3v) is 4.22. The van der Waals surface area contributed by atoms with Gasteiger partial charge in [-0.3, -0.25) is 0 Å². The Morgan fingerprint density at radius 2 is 1.48 bits per heavy atom. The normalized spacial score (nSPS) is 10.7. The van der Waals surface area contributed by atoms with E-state index in [0.717, 1.165) is 11.1 Å². The lowest BCUT2D eigenvalue weighted by molar-refractivity contribution is 0.0430. The summed E-state index contributed by atoms with van der Waals surface area (Å²) < 4.78 is 23.3. The molecule has 3 aromatic carbocycles. The van der Waals surface area contributed by atoms with Gasteiger partial charge < -0.3 is 14.4 Å². The highest BCUT2D eigenvalue weighted by Crippen LogP contribution is 2.22. The van der Waals surface area contributed by atoms with Crippen LogP contribution in [0.15, 0.2) is 77.3 Å². The van der Waals surface area contributed by atoms with Crippen molar-refractivity contribution in [3.8, 4) is 28.3 Å². The molecule has 1 aromatic heterocycles. The molecule has 4 aromatic rings. The highest BCUT2D eigenvalue weighted by atomic mass is 19.1. The van der Waals surface area contributed by atoms with Crippen LogP contribution in [-0.4, -0.2) is 21.2 Å². The maximum absolute atomic E-state index is 13.0. The van der Waals surface area contributed by atoms with E-state index in [1.54, 1.807) is 48.5 Å². The molecule has 6 nitrogen and oxygen atoms in total. The largest absolute Gasteiger partial charge is 0.508 e. The molecule has 0 bridgehead atoms. The highest BCUT2D eigenvalue weighted by Gasteiger charge is 2.13. The predicted molar refractivity (Wildman–Crippen MR) is 102 cm³/mol. The highest BCUT2D eigenvalue weighted by molar-refractivity contribution is 5.90. The van der Waals surface area contributed by atoms with E-state index in [2.05, 4.69) is 10.1 Å². The first kappa shape index (κ1) is 18.4. The molecule has 0 aliphatic rings. The Labute approximate surface area is 165 Å². The van der Waals surface area contributed by atoms with Crippen molar-refractivity contribution in [2.24, 2.45) is 0 Å². The number of nitrogens with zero attached hydrogens (tertiary/aromatic N) is 2. The van der Waals surface area contributed by atoms with Crippen LogP contribution in [0.2, 0.25) is 0 Å². The molecule has 0 aliphatic carbocycles. The second-order valence-electron chi connectivity index (χ2n) is 6.22. The number of benzene rings is 3. The number of carbonyl (C=O) groups is 1. The average Bonchev–Trinajstić information content (AvgIpc) is 3.22. The van der Waals surface area contributed by atoms with Gasteiger partial charge in [0.15, 0.2) is 6.61 Å². The van der Waals surface area contributed by atoms with Crippen LogP contribution in [0.3, 0.4) is 0 Å². The van der Waals surface area contributed by atoms with Gasteiger partial charge in [0.05, 0.1) is 5.56 Å². The van der Waals surface area contributed by atoms with Gasteiger partial charge >= 0.3 is 5.97 Å². The van der Waals surface area contributed by atoms with E-state index in [0.29, 0.717) is 11.1 Å². The zero-order chi connectivity index (χ0) is 20.2. The third-order valence-electron chi connectivity index (χ3n) is 4.22. The Balaban J connectivity index is 1.38. The minimum absolute atomic E-state index is 0.137. The fourth-order valence-corrected chi connectivity index (χ4v) is 2.69. The lowest BCUT2D eigenvalue weighted by Gasteiger charge is -2.05. The van der Waals surface area contributed by atoms with Gasteiger partial charge in [-0.2, -0.15) is 4.98 Å². The summed E-state index contributed by atoms with van der Waals surface area (Å²) in [5.74, 6) is -0.267. The van der Waals surface area contributed by atoms with Gasteiger partial charge in [-0.25, -0.2) is 9.18 Å². The van der Waals surface area contributed by atoms with Gasteiger partial charge in [0, 0.05) is 5.56 Å². The van der Waals surface area contributed by atoms with Crippen molar-refractivity contribution in [2.75, 3.05) is 0 Å². The number of phenols is 1. The van der Waals surface area contributed by atoms with Crippen LogP contribution in [0.5, 0.6) is 5.75 Å². The number of hydrogen-bond acceptors (Lipinski definition) is 6. The zero-order valence-electron chi connectivity index (χ0n) is 15.1. The summed E-state index contributed by atoms with van der Waals surface area (Å²) in [4.78, 5) is 16.4. The fourth-order valence-electron chi connectivity index (χ4n) is 2.69. The Morgan fingerprint density at radius 3 is 2.14 bits per heavy atom. The molecule has 29 heavy (non-hydrogen) atoms. The molecule has 0 saturated heterocycles. The lowest BCUT2D eigenvalue weighted by atomic mass is 10.0. The van der Waals surface area contributed by atoms with Crippen LogP contribution < -0.4 is 0 Å². The Bertz CT molecular complexity index is 1120. The van der Waals surface area contributed by atoms with Crippen molar-refractivity contribution < 1.29 is 23.6 Å². The monoisotopic (exact) mass is 390 g/mol. The quantitative estimate of drug-likeness (QED) is 0.501. The molecule has 7 heteroatoms. The Kier molecular flexibility index (Phi) is 5.03. The van der Waals surface area contributed by atoms with E-state index in [1.807, 2.05) is 0 Å². The second-order valence-corrected chi connectivity index (χ2v) is 6.22. The number of hydrogen-bond donors (Lipinski definition) is 1. The van der Waals surface area contributed by atoms with E-state index in [9.17, 15) is 14.3 Å². The molecule has 0 aliphatic heterocycles. The number of phenolic OH excluding ortho intramolecular Hbond substituents is 1. The van der Waals surface area contributed by atoms with Crippen LogP contribution in [0.1, 0.15) is 16.2 Å². The SMILES string of the molecule is O=C(OCc1nc(-c2ccc(F)cc2)no1)c1ccc(-c2ccc(O)cc2)cc1. The molecule has 0 amide bonds. The van der Waals surface area contributed by atoms with Gasteiger partial charge in [-0.15, -0.1) is 0 Å². The minimum Gasteiger partial charge on any atom is -0.508 e. The van der Waals surface area contributed by atoms with Crippen molar-refractivity contribution in [1.82, 2.24) is 10.1 Å². The molecule has 4 rings (SSSR count). The smallest absolute Gasteiger partial charge is 0.338 e. The van der Waals surface area contributed by atoms with Crippen molar-refractivity contribution >= 4 is 5.97 Å². The van der Waals surface area contributed by atoms with Crippen molar-refractivity contribution in [1.29, 1.82) is 0 Å². The van der Waals surface area contributed by atoms with Gasteiger partial charge in [-0.05, 0) is 59.7 Å². The maximum Gasteiger partial charge on any atom is 0.338 e. The molecule has 0 saturated carbocycles. The molecule has 0 radical (unpaired) electrons. The molecular weight excluding hydrogens is 375 g/mol. The zero-order valence-corrected chi connectivity index (χ0v) is 15.1. The van der Waals surface area contributed by atoms with E-state index in [1.165, 1.54) is 24.3 Å². The summed E-state index contributed by atoms with van der Waals surface area (Å²) in [7, 11) is 0. The molecule has 0 unspecified atom stereocenters. The minimum atomic E-state index is -0.524. The van der Waals surface area contributed by atoms with E-state index in [-0.39, 0.29) is 29.9 Å². The van der Waals surface area contributed by atoms with Crippen molar-refractivity contribution in [3.05, 3.63) is 90.1 Å². The van der Waals surface area contributed by atoms with Gasteiger partial charge in [0.25, 0.3) is 5.89 Å². The molecule has 0 fully saturated rings. The average molecular weight is 390 g/mol. The molecule has 1 N–H and O–H groups in total. The first-order valence-corrected chi connectivity index (χ1v) is 8.73. The number of esters is 1. The lowest BCUT2D eigenvalue weighted by Crippen LogP contribution is -2.05.